The van der Waals surface area contributed by atoms with Gasteiger partial charge in [-0.1, -0.05) is 58.0 Å². The number of benzene rings is 2. The highest BCUT2D eigenvalue weighted by Gasteiger charge is 2.36. The summed E-state index contributed by atoms with van der Waals surface area (Å²) in [5, 5.41) is 0.936. The summed E-state index contributed by atoms with van der Waals surface area (Å²) in [7, 11) is 1.38. The van der Waals surface area contributed by atoms with Gasteiger partial charge in [0.05, 0.1) is 18.2 Å². The number of carbonyl (C=O) groups is 1. The molecule has 3 aromatic rings. The second-order valence-corrected chi connectivity index (χ2v) is 9.15. The Kier molecular flexibility index (Phi) is 4.29. The van der Waals surface area contributed by atoms with Crippen LogP contribution in [0.1, 0.15) is 62.0 Å². The predicted octanol–water partition coefficient (Wildman–Crippen LogP) is 6.04. The Morgan fingerprint density at radius 2 is 1.54 bits per heavy atom. The zero-order valence-electron chi connectivity index (χ0n) is 17.3. The molecule has 1 aromatic heterocycles. The molecule has 0 spiro atoms. The minimum atomic E-state index is -0.363. The van der Waals surface area contributed by atoms with E-state index >= 15 is 0 Å². The quantitative estimate of drug-likeness (QED) is 0.514. The first-order valence-electron chi connectivity index (χ1n) is 9.85. The lowest BCUT2D eigenvalue weighted by atomic mass is 9.63. The van der Waals surface area contributed by atoms with Crippen LogP contribution in [0.3, 0.4) is 0 Å². The van der Waals surface area contributed by atoms with Crippen LogP contribution in [0.5, 0.6) is 0 Å². The van der Waals surface area contributed by atoms with Gasteiger partial charge in [0.1, 0.15) is 0 Å². The molecule has 0 fully saturated rings. The maximum atomic E-state index is 11.7. The second kappa shape index (κ2) is 6.44. The molecule has 0 atom stereocenters. The molecule has 0 bridgehead atoms. The number of pyridine rings is 1. The van der Waals surface area contributed by atoms with Crippen LogP contribution in [-0.4, -0.2) is 18.1 Å². The highest BCUT2D eigenvalue weighted by Crippen LogP contribution is 2.46. The van der Waals surface area contributed by atoms with Gasteiger partial charge in [-0.3, -0.25) is 4.98 Å². The van der Waals surface area contributed by atoms with Crippen molar-refractivity contribution < 1.29 is 9.53 Å². The van der Waals surface area contributed by atoms with Gasteiger partial charge in [-0.2, -0.15) is 0 Å². The second-order valence-electron chi connectivity index (χ2n) is 9.15. The fourth-order valence-electron chi connectivity index (χ4n) is 4.30. The highest BCUT2D eigenvalue weighted by molar-refractivity contribution is 5.94. The number of hydrogen-bond acceptors (Lipinski definition) is 3. The molecule has 0 aliphatic heterocycles. The summed E-state index contributed by atoms with van der Waals surface area (Å²) in [6.45, 7) is 9.39. The molecule has 144 valence electrons. The molecule has 0 amide bonds. The van der Waals surface area contributed by atoms with Crippen molar-refractivity contribution in [2.75, 3.05) is 7.11 Å². The topological polar surface area (TPSA) is 39.2 Å². The number of nitrogens with zero attached hydrogens (tertiary/aromatic N) is 1. The maximum absolute atomic E-state index is 11.7. The van der Waals surface area contributed by atoms with Crippen molar-refractivity contribution in [3.8, 4) is 11.1 Å². The zero-order chi connectivity index (χ0) is 20.1. The molecular formula is C25H27NO2. The number of carbonyl (C=O) groups excluding carboxylic acids is 1. The molecule has 1 aliphatic carbocycles. The Bertz CT molecular complexity index is 1080. The lowest BCUT2D eigenvalue weighted by Crippen LogP contribution is -2.33. The van der Waals surface area contributed by atoms with Crippen molar-refractivity contribution in [1.29, 1.82) is 0 Å². The molecule has 1 heterocycles. The van der Waals surface area contributed by atoms with Gasteiger partial charge in [0.15, 0.2) is 0 Å². The van der Waals surface area contributed by atoms with Crippen LogP contribution in [0.4, 0.5) is 0 Å². The van der Waals surface area contributed by atoms with Gasteiger partial charge in [-0.05, 0) is 58.1 Å². The van der Waals surface area contributed by atoms with E-state index < -0.39 is 0 Å². The third-order valence-corrected chi connectivity index (χ3v) is 6.29. The van der Waals surface area contributed by atoms with E-state index in [-0.39, 0.29) is 16.8 Å². The summed E-state index contributed by atoms with van der Waals surface area (Å²) in [4.78, 5) is 16.2. The van der Waals surface area contributed by atoms with Crippen molar-refractivity contribution in [2.24, 2.45) is 0 Å². The van der Waals surface area contributed by atoms with Crippen molar-refractivity contribution in [3.05, 3.63) is 65.4 Å². The van der Waals surface area contributed by atoms with E-state index in [0.29, 0.717) is 5.56 Å². The van der Waals surface area contributed by atoms with Crippen LogP contribution in [-0.2, 0) is 15.6 Å². The van der Waals surface area contributed by atoms with Gasteiger partial charge < -0.3 is 4.74 Å². The van der Waals surface area contributed by atoms with Crippen LogP contribution >= 0.6 is 0 Å². The SMILES string of the molecule is COC(=O)c1cnc2cc(-c3ccc4c(c3)C(C)(C)CCC4(C)C)ccc2c1. The summed E-state index contributed by atoms with van der Waals surface area (Å²) >= 11 is 0. The number of aromatic nitrogens is 1. The third-order valence-electron chi connectivity index (χ3n) is 6.29. The average Bonchev–Trinajstić information content (AvgIpc) is 2.70. The van der Waals surface area contributed by atoms with Crippen molar-refractivity contribution in [1.82, 2.24) is 4.98 Å². The Hall–Kier alpha value is -2.68. The fraction of sp³-hybridized carbons (Fsp3) is 0.360. The lowest BCUT2D eigenvalue weighted by molar-refractivity contribution is 0.0600. The predicted molar refractivity (Wildman–Crippen MR) is 114 cm³/mol. The molecule has 3 nitrogen and oxygen atoms in total. The van der Waals surface area contributed by atoms with Crippen LogP contribution in [0.15, 0.2) is 48.7 Å². The monoisotopic (exact) mass is 373 g/mol. The number of esters is 1. The Labute approximate surface area is 166 Å². The van der Waals surface area contributed by atoms with E-state index in [0.717, 1.165) is 16.5 Å². The Morgan fingerprint density at radius 1 is 0.893 bits per heavy atom. The summed E-state index contributed by atoms with van der Waals surface area (Å²) in [6, 6.07) is 15.0. The summed E-state index contributed by atoms with van der Waals surface area (Å²) in [6.07, 6.45) is 4.00. The van der Waals surface area contributed by atoms with E-state index in [9.17, 15) is 4.79 Å². The van der Waals surface area contributed by atoms with Crippen molar-refractivity contribution >= 4 is 16.9 Å². The summed E-state index contributed by atoms with van der Waals surface area (Å²) in [5.74, 6) is -0.363. The molecule has 0 radical (unpaired) electrons. The normalized spacial score (nSPS) is 17.2. The lowest BCUT2D eigenvalue weighted by Gasteiger charge is -2.42. The first-order chi connectivity index (χ1) is 13.2. The van der Waals surface area contributed by atoms with Gasteiger partial charge >= 0.3 is 5.97 Å². The molecule has 0 saturated heterocycles. The highest BCUT2D eigenvalue weighted by atomic mass is 16.5. The van der Waals surface area contributed by atoms with Crippen LogP contribution in [0.2, 0.25) is 0 Å². The Morgan fingerprint density at radius 3 is 2.25 bits per heavy atom. The molecule has 28 heavy (non-hydrogen) atoms. The molecule has 0 N–H and O–H groups in total. The largest absolute Gasteiger partial charge is 0.465 e. The fourth-order valence-corrected chi connectivity index (χ4v) is 4.30. The molecule has 3 heteroatoms. The van der Waals surface area contributed by atoms with Crippen molar-refractivity contribution in [2.45, 2.75) is 51.4 Å². The van der Waals surface area contributed by atoms with Gasteiger partial charge in [-0.25, -0.2) is 4.79 Å². The summed E-state index contributed by atoms with van der Waals surface area (Å²) in [5.41, 5.74) is 7.04. The van der Waals surface area contributed by atoms with E-state index in [4.69, 9.17) is 4.74 Å². The third kappa shape index (κ3) is 3.09. The molecule has 0 unspecified atom stereocenters. The van der Waals surface area contributed by atoms with Crippen LogP contribution in [0.25, 0.3) is 22.0 Å². The number of rotatable bonds is 2. The average molecular weight is 373 g/mol. The standard InChI is InChI=1S/C25H27NO2/c1-24(2)10-11-25(3,4)21-13-16(8-9-20(21)24)17-6-7-18-12-19(23(27)28-5)15-26-22(18)14-17/h6-9,12-15H,10-11H2,1-5H3. The van der Waals surface area contributed by atoms with E-state index in [1.807, 2.05) is 12.1 Å². The molecule has 2 aromatic carbocycles. The van der Waals surface area contributed by atoms with E-state index in [1.54, 1.807) is 6.20 Å². The smallest absolute Gasteiger partial charge is 0.339 e. The zero-order valence-corrected chi connectivity index (χ0v) is 17.3. The van der Waals surface area contributed by atoms with E-state index in [2.05, 4.69) is 63.0 Å². The number of ether oxygens (including phenoxy) is 1. The summed E-state index contributed by atoms with van der Waals surface area (Å²) < 4.78 is 4.79. The number of hydrogen-bond donors (Lipinski definition) is 0. The Balaban J connectivity index is 1.79. The minimum absolute atomic E-state index is 0.186. The number of fused-ring (bicyclic) bond motifs is 2. The van der Waals surface area contributed by atoms with Gasteiger partial charge in [0, 0.05) is 11.6 Å². The van der Waals surface area contributed by atoms with Gasteiger partial charge in [0.2, 0.25) is 0 Å². The van der Waals surface area contributed by atoms with Crippen molar-refractivity contribution in [3.63, 3.8) is 0 Å². The molecule has 0 saturated carbocycles. The number of methoxy groups -OCH3 is 1. The van der Waals surface area contributed by atoms with E-state index in [1.165, 1.54) is 36.6 Å². The molecule has 4 rings (SSSR count). The first kappa shape index (κ1) is 18.7. The molecular weight excluding hydrogens is 346 g/mol. The minimum Gasteiger partial charge on any atom is -0.465 e. The van der Waals surface area contributed by atoms with Crippen LogP contribution in [0, 0.1) is 0 Å². The van der Waals surface area contributed by atoms with Crippen LogP contribution < -0.4 is 0 Å². The van der Waals surface area contributed by atoms with Gasteiger partial charge in [0.25, 0.3) is 0 Å². The maximum Gasteiger partial charge on any atom is 0.339 e. The van der Waals surface area contributed by atoms with Gasteiger partial charge in [-0.15, -0.1) is 0 Å². The first-order valence-corrected chi connectivity index (χ1v) is 9.85. The molecule has 1 aliphatic rings.